The van der Waals surface area contributed by atoms with Crippen LogP contribution in [0, 0.1) is 0 Å². The standard InChI is InChI=1S/C7H6BrN3O/c8-6-2-1-5(12-6)4-3-7(9)11-10-4/h1-3H,(H3,9,10,11). The fourth-order valence-corrected chi connectivity index (χ4v) is 1.22. The summed E-state index contributed by atoms with van der Waals surface area (Å²) >= 11 is 3.20. The van der Waals surface area contributed by atoms with Gasteiger partial charge in [-0.25, -0.2) is 0 Å². The van der Waals surface area contributed by atoms with Crippen LogP contribution < -0.4 is 5.73 Å². The molecule has 0 saturated carbocycles. The van der Waals surface area contributed by atoms with E-state index in [1.165, 1.54) is 0 Å². The largest absolute Gasteiger partial charge is 0.448 e. The molecule has 0 aliphatic carbocycles. The minimum atomic E-state index is 0.525. The molecule has 0 atom stereocenters. The van der Waals surface area contributed by atoms with E-state index in [9.17, 15) is 0 Å². The number of nitrogens with zero attached hydrogens (tertiary/aromatic N) is 1. The molecule has 0 amide bonds. The first-order valence-electron chi connectivity index (χ1n) is 3.32. The van der Waals surface area contributed by atoms with Crippen LogP contribution in [0.3, 0.4) is 0 Å². The van der Waals surface area contributed by atoms with Gasteiger partial charge in [-0.05, 0) is 28.1 Å². The molecule has 12 heavy (non-hydrogen) atoms. The van der Waals surface area contributed by atoms with Gasteiger partial charge in [0.1, 0.15) is 11.5 Å². The first kappa shape index (κ1) is 7.42. The van der Waals surface area contributed by atoms with Crippen molar-refractivity contribution in [3.05, 3.63) is 22.9 Å². The van der Waals surface area contributed by atoms with Crippen molar-refractivity contribution in [1.29, 1.82) is 0 Å². The zero-order chi connectivity index (χ0) is 8.55. The minimum absolute atomic E-state index is 0.525. The molecule has 62 valence electrons. The molecule has 0 fully saturated rings. The summed E-state index contributed by atoms with van der Waals surface area (Å²) < 4.78 is 5.94. The summed E-state index contributed by atoms with van der Waals surface area (Å²) in [4.78, 5) is 0. The van der Waals surface area contributed by atoms with E-state index in [4.69, 9.17) is 10.2 Å². The summed E-state index contributed by atoms with van der Waals surface area (Å²) in [5.41, 5.74) is 6.16. The Morgan fingerprint density at radius 1 is 1.50 bits per heavy atom. The molecule has 2 aromatic heterocycles. The van der Waals surface area contributed by atoms with Crippen molar-refractivity contribution >= 4 is 21.7 Å². The van der Waals surface area contributed by atoms with Crippen LogP contribution in [-0.2, 0) is 0 Å². The van der Waals surface area contributed by atoms with Crippen LogP contribution in [0.25, 0.3) is 11.5 Å². The van der Waals surface area contributed by atoms with Crippen molar-refractivity contribution in [2.75, 3.05) is 5.73 Å². The van der Waals surface area contributed by atoms with Gasteiger partial charge in [0, 0.05) is 6.07 Å². The van der Waals surface area contributed by atoms with Gasteiger partial charge < -0.3 is 10.2 Å². The topological polar surface area (TPSA) is 67.8 Å². The summed E-state index contributed by atoms with van der Waals surface area (Å²) in [7, 11) is 0. The van der Waals surface area contributed by atoms with E-state index < -0.39 is 0 Å². The molecule has 0 radical (unpaired) electrons. The molecule has 0 aromatic carbocycles. The Bertz CT molecular complexity index is 355. The van der Waals surface area contributed by atoms with Crippen molar-refractivity contribution in [2.24, 2.45) is 0 Å². The van der Waals surface area contributed by atoms with E-state index in [1.54, 1.807) is 12.1 Å². The lowest BCUT2D eigenvalue weighted by atomic mass is 10.3. The zero-order valence-corrected chi connectivity index (χ0v) is 7.63. The van der Waals surface area contributed by atoms with Crippen LogP contribution in [0.1, 0.15) is 0 Å². The third-order valence-corrected chi connectivity index (χ3v) is 1.85. The summed E-state index contributed by atoms with van der Waals surface area (Å²) in [6.07, 6.45) is 0. The maximum Gasteiger partial charge on any atom is 0.169 e. The van der Waals surface area contributed by atoms with Crippen molar-refractivity contribution in [3.63, 3.8) is 0 Å². The predicted molar refractivity (Wildman–Crippen MR) is 48.4 cm³/mol. The Kier molecular flexibility index (Phi) is 1.65. The maximum absolute atomic E-state index is 5.45. The van der Waals surface area contributed by atoms with E-state index >= 15 is 0 Å². The van der Waals surface area contributed by atoms with E-state index in [0.717, 1.165) is 0 Å². The lowest BCUT2D eigenvalue weighted by molar-refractivity contribution is 0.553. The number of anilines is 1. The second-order valence-corrected chi connectivity index (χ2v) is 3.09. The monoisotopic (exact) mass is 227 g/mol. The molecule has 0 saturated heterocycles. The van der Waals surface area contributed by atoms with E-state index in [1.807, 2.05) is 6.07 Å². The first-order valence-corrected chi connectivity index (χ1v) is 4.11. The number of nitrogen functional groups attached to an aromatic ring is 1. The highest BCUT2D eigenvalue weighted by atomic mass is 79.9. The highest BCUT2D eigenvalue weighted by Crippen LogP contribution is 2.23. The van der Waals surface area contributed by atoms with E-state index in [2.05, 4.69) is 26.1 Å². The van der Waals surface area contributed by atoms with Crippen LogP contribution in [-0.4, -0.2) is 10.2 Å². The van der Waals surface area contributed by atoms with Crippen molar-refractivity contribution < 1.29 is 4.42 Å². The third-order valence-electron chi connectivity index (χ3n) is 1.42. The van der Waals surface area contributed by atoms with Crippen LogP contribution in [0.4, 0.5) is 5.82 Å². The van der Waals surface area contributed by atoms with E-state index in [0.29, 0.717) is 21.9 Å². The number of aromatic nitrogens is 2. The molecule has 0 bridgehead atoms. The van der Waals surface area contributed by atoms with Crippen LogP contribution in [0.15, 0.2) is 27.3 Å². The van der Waals surface area contributed by atoms with Crippen molar-refractivity contribution in [1.82, 2.24) is 10.2 Å². The van der Waals surface area contributed by atoms with Crippen LogP contribution in [0.2, 0.25) is 0 Å². The first-order chi connectivity index (χ1) is 5.75. The van der Waals surface area contributed by atoms with Gasteiger partial charge in [0.15, 0.2) is 10.4 Å². The number of hydrogen-bond acceptors (Lipinski definition) is 3. The Labute approximate surface area is 76.9 Å². The molecule has 0 aliphatic rings. The lowest BCUT2D eigenvalue weighted by Crippen LogP contribution is -1.81. The van der Waals surface area contributed by atoms with Gasteiger partial charge in [0.25, 0.3) is 0 Å². The fourth-order valence-electron chi connectivity index (χ4n) is 0.915. The lowest BCUT2D eigenvalue weighted by Gasteiger charge is -1.85. The molecule has 2 rings (SSSR count). The van der Waals surface area contributed by atoms with Gasteiger partial charge in [-0.3, -0.25) is 5.10 Å². The van der Waals surface area contributed by atoms with Crippen molar-refractivity contribution in [3.8, 4) is 11.5 Å². The Morgan fingerprint density at radius 2 is 2.33 bits per heavy atom. The number of hydrogen-bond donors (Lipinski definition) is 2. The normalized spacial score (nSPS) is 10.4. The molecule has 2 heterocycles. The van der Waals surface area contributed by atoms with Gasteiger partial charge in [-0.15, -0.1) is 0 Å². The number of halogens is 1. The molecule has 4 nitrogen and oxygen atoms in total. The van der Waals surface area contributed by atoms with Crippen molar-refractivity contribution in [2.45, 2.75) is 0 Å². The molecule has 5 heteroatoms. The van der Waals surface area contributed by atoms with Crippen LogP contribution >= 0.6 is 15.9 Å². The molecule has 0 spiro atoms. The molecule has 2 aromatic rings. The third kappa shape index (κ3) is 1.23. The molecule has 3 N–H and O–H groups in total. The van der Waals surface area contributed by atoms with Gasteiger partial charge in [-0.1, -0.05) is 0 Å². The summed E-state index contributed by atoms with van der Waals surface area (Å²) in [5, 5.41) is 6.56. The number of nitrogens with one attached hydrogen (secondary N) is 1. The smallest absolute Gasteiger partial charge is 0.169 e. The number of furan rings is 1. The average molecular weight is 228 g/mol. The van der Waals surface area contributed by atoms with Crippen LogP contribution in [0.5, 0.6) is 0 Å². The van der Waals surface area contributed by atoms with Gasteiger partial charge in [0.2, 0.25) is 0 Å². The summed E-state index contributed by atoms with van der Waals surface area (Å²) in [5.74, 6) is 1.22. The van der Waals surface area contributed by atoms with Gasteiger partial charge >= 0.3 is 0 Å². The number of H-pyrrole nitrogens is 1. The quantitative estimate of drug-likeness (QED) is 0.784. The Hall–Kier alpha value is -1.23. The fraction of sp³-hybridized carbons (Fsp3) is 0. The summed E-state index contributed by atoms with van der Waals surface area (Å²) in [6.45, 7) is 0. The number of aromatic amines is 1. The number of nitrogens with two attached hydrogens (primary N) is 1. The van der Waals surface area contributed by atoms with Gasteiger partial charge in [-0.2, -0.15) is 5.10 Å². The minimum Gasteiger partial charge on any atom is -0.448 e. The van der Waals surface area contributed by atoms with E-state index in [-0.39, 0.29) is 0 Å². The maximum atomic E-state index is 5.45. The second-order valence-electron chi connectivity index (χ2n) is 2.31. The highest BCUT2D eigenvalue weighted by Gasteiger charge is 2.05. The Morgan fingerprint density at radius 3 is 2.83 bits per heavy atom. The Balaban J connectivity index is 2.43. The SMILES string of the molecule is Nc1cc(-c2ccc(Br)o2)n[nH]1. The van der Waals surface area contributed by atoms with Gasteiger partial charge in [0.05, 0.1) is 0 Å². The molecule has 0 unspecified atom stereocenters. The highest BCUT2D eigenvalue weighted by molar-refractivity contribution is 9.10. The molecule has 0 aliphatic heterocycles. The summed E-state index contributed by atoms with van der Waals surface area (Å²) in [6, 6.07) is 5.34. The average Bonchev–Trinajstić information content (AvgIpc) is 2.58. The molecular formula is C7H6BrN3O. The molecular weight excluding hydrogens is 222 g/mol. The predicted octanol–water partition coefficient (Wildman–Crippen LogP) is 2.01. The number of rotatable bonds is 1. The second kappa shape index (κ2) is 2.67. The zero-order valence-electron chi connectivity index (χ0n) is 6.04.